The van der Waals surface area contributed by atoms with Gasteiger partial charge in [0, 0.05) is 10.8 Å². The summed E-state index contributed by atoms with van der Waals surface area (Å²) in [5.74, 6) is 0. The maximum Gasteiger partial charge on any atom is 0.412 e. The first kappa shape index (κ1) is 8.93. The Kier molecular flexibility index (Phi) is 1.53. The average Bonchev–Trinajstić information content (AvgIpc) is 3.17. The zero-order valence-corrected chi connectivity index (χ0v) is 8.79. The van der Waals surface area contributed by atoms with Gasteiger partial charge in [-0.25, -0.2) is 0 Å². The van der Waals surface area contributed by atoms with Crippen molar-refractivity contribution in [1.82, 2.24) is 0 Å². The van der Waals surface area contributed by atoms with Crippen LogP contribution < -0.4 is 0 Å². The van der Waals surface area contributed by atoms with Crippen molar-refractivity contribution >= 4 is 0 Å². The first-order chi connectivity index (χ1) is 7.24. The third-order valence-electron chi connectivity index (χ3n) is 4.13. The Morgan fingerprint density at radius 2 is 0.867 bits per heavy atom. The Morgan fingerprint density at radius 3 is 1.13 bits per heavy atom. The van der Waals surface area contributed by atoms with E-state index in [4.69, 9.17) is 18.9 Å². The minimum Gasteiger partial charge on any atom is -0.303 e. The summed E-state index contributed by atoms with van der Waals surface area (Å²) in [5, 5.41) is 0. The summed E-state index contributed by atoms with van der Waals surface area (Å²) in [7, 11) is 0. The molecule has 0 N–H and O–H groups in total. The second-order valence-electron chi connectivity index (χ2n) is 5.65. The van der Waals surface area contributed by atoms with E-state index in [0.29, 0.717) is 10.8 Å². The fourth-order valence-corrected chi connectivity index (χ4v) is 2.23. The predicted octanol–water partition coefficient (Wildman–Crippen LogP) is 1.25. The van der Waals surface area contributed by atoms with Gasteiger partial charge in [0.15, 0.2) is 0 Å². The van der Waals surface area contributed by atoms with Crippen molar-refractivity contribution in [2.45, 2.75) is 31.8 Å². The van der Waals surface area contributed by atoms with Crippen molar-refractivity contribution in [3.8, 4) is 0 Å². The smallest absolute Gasteiger partial charge is 0.303 e. The molecule has 4 heteroatoms. The molecule has 0 aromatic carbocycles. The molecule has 2 aliphatic carbocycles. The van der Waals surface area contributed by atoms with Crippen LogP contribution in [0.3, 0.4) is 0 Å². The quantitative estimate of drug-likeness (QED) is 0.605. The molecule has 2 saturated carbocycles. The van der Waals surface area contributed by atoms with E-state index < -0.39 is 6.16 Å². The van der Waals surface area contributed by atoms with Crippen molar-refractivity contribution in [1.29, 1.82) is 0 Å². The standard InChI is InChI=1S/C11H16O4/c1-2-9(1)5-12-11(13-6-9)14-7-10(3-4-10)8-15-11/h1-8H2. The van der Waals surface area contributed by atoms with Crippen LogP contribution in [0, 0.1) is 10.8 Å². The van der Waals surface area contributed by atoms with E-state index in [1.165, 1.54) is 25.7 Å². The van der Waals surface area contributed by atoms with E-state index in [0.717, 1.165) is 26.4 Å². The predicted molar refractivity (Wildman–Crippen MR) is 49.9 cm³/mol. The molecule has 0 bridgehead atoms. The molecular weight excluding hydrogens is 196 g/mol. The van der Waals surface area contributed by atoms with E-state index in [1.807, 2.05) is 0 Å². The number of hydrogen-bond donors (Lipinski definition) is 0. The van der Waals surface area contributed by atoms with Gasteiger partial charge < -0.3 is 18.9 Å². The van der Waals surface area contributed by atoms with E-state index >= 15 is 0 Å². The molecule has 3 spiro atoms. The topological polar surface area (TPSA) is 36.9 Å². The van der Waals surface area contributed by atoms with Gasteiger partial charge in [-0.05, 0) is 25.7 Å². The molecule has 0 aromatic rings. The molecule has 84 valence electrons. The van der Waals surface area contributed by atoms with Gasteiger partial charge >= 0.3 is 6.16 Å². The highest BCUT2D eigenvalue weighted by molar-refractivity contribution is 4.97. The third kappa shape index (κ3) is 1.35. The first-order valence-electron chi connectivity index (χ1n) is 5.80. The summed E-state index contributed by atoms with van der Waals surface area (Å²) in [6.07, 6.45) is 3.71. The lowest BCUT2D eigenvalue weighted by molar-refractivity contribution is -0.538. The highest BCUT2D eigenvalue weighted by Crippen LogP contribution is 2.54. The molecule has 2 saturated heterocycles. The molecular formula is C11H16O4. The van der Waals surface area contributed by atoms with Crippen molar-refractivity contribution in [3.05, 3.63) is 0 Å². The summed E-state index contributed by atoms with van der Waals surface area (Å²) in [6, 6.07) is 0. The Morgan fingerprint density at radius 1 is 0.533 bits per heavy atom. The second kappa shape index (κ2) is 2.56. The molecule has 0 radical (unpaired) electrons. The van der Waals surface area contributed by atoms with Crippen LogP contribution in [0.4, 0.5) is 0 Å². The summed E-state index contributed by atoms with van der Waals surface area (Å²) in [4.78, 5) is 0. The average molecular weight is 212 g/mol. The van der Waals surface area contributed by atoms with E-state index in [9.17, 15) is 0 Å². The molecule has 4 rings (SSSR count). The fraction of sp³-hybridized carbons (Fsp3) is 1.00. The number of hydrogen-bond acceptors (Lipinski definition) is 4. The Bertz CT molecular complexity index is 239. The second-order valence-corrected chi connectivity index (χ2v) is 5.65. The first-order valence-corrected chi connectivity index (χ1v) is 5.80. The van der Waals surface area contributed by atoms with E-state index in [1.54, 1.807) is 0 Å². The van der Waals surface area contributed by atoms with Gasteiger partial charge in [-0.15, -0.1) is 0 Å². The van der Waals surface area contributed by atoms with Gasteiger partial charge in [0.05, 0.1) is 26.4 Å². The van der Waals surface area contributed by atoms with Gasteiger partial charge in [0.1, 0.15) is 0 Å². The monoisotopic (exact) mass is 212 g/mol. The number of rotatable bonds is 0. The van der Waals surface area contributed by atoms with Crippen molar-refractivity contribution in [2.24, 2.45) is 10.8 Å². The molecule has 2 heterocycles. The Labute approximate surface area is 88.8 Å². The van der Waals surface area contributed by atoms with Crippen LogP contribution in [0.5, 0.6) is 0 Å². The zero-order valence-electron chi connectivity index (χ0n) is 8.79. The van der Waals surface area contributed by atoms with Gasteiger partial charge in [0.2, 0.25) is 0 Å². The minimum atomic E-state index is -1.15. The number of ether oxygens (including phenoxy) is 4. The van der Waals surface area contributed by atoms with Gasteiger partial charge in [-0.3, -0.25) is 0 Å². The minimum absolute atomic E-state index is 0.298. The van der Waals surface area contributed by atoms with Gasteiger partial charge in [-0.2, -0.15) is 0 Å². The fourth-order valence-electron chi connectivity index (χ4n) is 2.23. The van der Waals surface area contributed by atoms with Crippen LogP contribution >= 0.6 is 0 Å². The molecule has 2 aliphatic heterocycles. The molecule has 15 heavy (non-hydrogen) atoms. The van der Waals surface area contributed by atoms with Crippen molar-refractivity contribution in [2.75, 3.05) is 26.4 Å². The highest BCUT2D eigenvalue weighted by atomic mass is 17.0. The van der Waals surface area contributed by atoms with E-state index in [2.05, 4.69) is 0 Å². The summed E-state index contributed by atoms with van der Waals surface area (Å²) >= 11 is 0. The van der Waals surface area contributed by atoms with Crippen LogP contribution in [-0.4, -0.2) is 32.6 Å². The normalized spacial score (nSPS) is 38.4. The van der Waals surface area contributed by atoms with Crippen LogP contribution in [0.25, 0.3) is 0 Å². The Hall–Kier alpha value is -0.160. The van der Waals surface area contributed by atoms with Crippen LogP contribution in [0.15, 0.2) is 0 Å². The molecule has 0 amide bonds. The molecule has 4 fully saturated rings. The van der Waals surface area contributed by atoms with Crippen LogP contribution in [0.1, 0.15) is 25.7 Å². The van der Waals surface area contributed by atoms with Crippen molar-refractivity contribution < 1.29 is 18.9 Å². The lowest BCUT2D eigenvalue weighted by Crippen LogP contribution is -2.53. The molecule has 4 aliphatic rings. The largest absolute Gasteiger partial charge is 0.412 e. The zero-order chi connectivity index (χ0) is 9.99. The molecule has 0 aromatic heterocycles. The third-order valence-corrected chi connectivity index (χ3v) is 4.13. The van der Waals surface area contributed by atoms with E-state index in [-0.39, 0.29) is 0 Å². The summed E-state index contributed by atoms with van der Waals surface area (Å²) < 4.78 is 22.6. The van der Waals surface area contributed by atoms with Crippen LogP contribution in [-0.2, 0) is 18.9 Å². The van der Waals surface area contributed by atoms with Crippen molar-refractivity contribution in [3.63, 3.8) is 0 Å². The Balaban J connectivity index is 1.43. The maximum atomic E-state index is 5.64. The van der Waals surface area contributed by atoms with Gasteiger partial charge in [0.25, 0.3) is 0 Å². The highest BCUT2D eigenvalue weighted by Gasteiger charge is 2.58. The summed E-state index contributed by atoms with van der Waals surface area (Å²) in [5.41, 5.74) is 0.597. The maximum absolute atomic E-state index is 5.64. The molecule has 4 nitrogen and oxygen atoms in total. The summed E-state index contributed by atoms with van der Waals surface area (Å²) in [6.45, 7) is 2.89. The van der Waals surface area contributed by atoms with Gasteiger partial charge in [-0.1, -0.05) is 0 Å². The molecule has 0 atom stereocenters. The molecule has 0 unspecified atom stereocenters. The SMILES string of the molecule is C1CC12COC1(OC2)OCC2(CC2)CO1. The lowest BCUT2D eigenvalue weighted by atomic mass is 10.1. The van der Waals surface area contributed by atoms with Crippen LogP contribution in [0.2, 0.25) is 0 Å². The lowest BCUT2D eigenvalue weighted by Gasteiger charge is -2.42.